The van der Waals surface area contributed by atoms with E-state index in [-0.39, 0.29) is 5.54 Å². The fourth-order valence-corrected chi connectivity index (χ4v) is 1.45. The molecular weight excluding hydrogens is 140 g/mol. The Labute approximate surface area is 68.5 Å². The molecule has 0 aliphatic carbocycles. The van der Waals surface area contributed by atoms with E-state index in [1.54, 1.807) is 7.11 Å². The van der Waals surface area contributed by atoms with Gasteiger partial charge < -0.3 is 10.5 Å². The summed E-state index contributed by atoms with van der Waals surface area (Å²) in [4.78, 5) is 2.33. The van der Waals surface area contributed by atoms with Crippen LogP contribution in [-0.2, 0) is 4.74 Å². The molecule has 1 saturated heterocycles. The van der Waals surface area contributed by atoms with E-state index < -0.39 is 0 Å². The maximum absolute atomic E-state index is 5.98. The van der Waals surface area contributed by atoms with Crippen molar-refractivity contribution in [2.75, 3.05) is 33.4 Å². The second-order valence-corrected chi connectivity index (χ2v) is 3.42. The molecule has 0 saturated carbocycles. The first-order chi connectivity index (χ1) is 5.20. The van der Waals surface area contributed by atoms with Crippen molar-refractivity contribution in [3.8, 4) is 0 Å². The fraction of sp³-hybridized carbons (Fsp3) is 1.00. The summed E-state index contributed by atoms with van der Waals surface area (Å²) in [5, 5.41) is 0. The lowest BCUT2D eigenvalue weighted by molar-refractivity contribution is 0.0420. The van der Waals surface area contributed by atoms with Crippen molar-refractivity contribution in [1.82, 2.24) is 4.90 Å². The molecule has 1 heterocycles. The topological polar surface area (TPSA) is 38.5 Å². The van der Waals surface area contributed by atoms with Gasteiger partial charge in [0.15, 0.2) is 0 Å². The summed E-state index contributed by atoms with van der Waals surface area (Å²) in [6, 6.07) is 0. The van der Waals surface area contributed by atoms with E-state index in [0.29, 0.717) is 0 Å². The van der Waals surface area contributed by atoms with Crippen LogP contribution in [0.25, 0.3) is 0 Å². The summed E-state index contributed by atoms with van der Waals surface area (Å²) >= 11 is 0. The van der Waals surface area contributed by atoms with Crippen LogP contribution in [0.5, 0.6) is 0 Å². The van der Waals surface area contributed by atoms with Crippen molar-refractivity contribution in [1.29, 1.82) is 0 Å². The maximum atomic E-state index is 5.98. The van der Waals surface area contributed by atoms with Gasteiger partial charge in [0.2, 0.25) is 0 Å². The second kappa shape index (κ2) is 3.52. The van der Waals surface area contributed by atoms with Gasteiger partial charge in [-0.3, -0.25) is 4.90 Å². The number of nitrogens with zero attached hydrogens (tertiary/aromatic N) is 1. The third-order valence-corrected chi connectivity index (χ3v) is 2.39. The Morgan fingerprint density at radius 3 is 2.64 bits per heavy atom. The zero-order chi connectivity index (χ0) is 8.32. The standard InChI is InChI=1S/C8H18N2O/c1-3-8(9)6-10(7-8)4-5-11-2/h3-7,9H2,1-2H3. The quantitative estimate of drug-likeness (QED) is 0.628. The summed E-state index contributed by atoms with van der Waals surface area (Å²) in [5.74, 6) is 0. The van der Waals surface area contributed by atoms with Crippen LogP contribution in [0.4, 0.5) is 0 Å². The molecule has 0 spiro atoms. The molecule has 1 aliphatic heterocycles. The molecule has 1 fully saturated rings. The highest BCUT2D eigenvalue weighted by molar-refractivity contribution is 4.98. The van der Waals surface area contributed by atoms with Gasteiger partial charge >= 0.3 is 0 Å². The van der Waals surface area contributed by atoms with Crippen molar-refractivity contribution >= 4 is 0 Å². The predicted molar refractivity (Wildman–Crippen MR) is 45.5 cm³/mol. The van der Waals surface area contributed by atoms with E-state index in [4.69, 9.17) is 10.5 Å². The van der Waals surface area contributed by atoms with Crippen LogP contribution >= 0.6 is 0 Å². The van der Waals surface area contributed by atoms with Crippen LogP contribution in [0.15, 0.2) is 0 Å². The van der Waals surface area contributed by atoms with Crippen LogP contribution in [0.1, 0.15) is 13.3 Å². The van der Waals surface area contributed by atoms with E-state index in [9.17, 15) is 0 Å². The molecule has 1 aliphatic rings. The van der Waals surface area contributed by atoms with Crippen molar-refractivity contribution in [3.05, 3.63) is 0 Å². The van der Waals surface area contributed by atoms with E-state index in [2.05, 4.69) is 11.8 Å². The lowest BCUT2D eigenvalue weighted by Crippen LogP contribution is -2.67. The highest BCUT2D eigenvalue weighted by Gasteiger charge is 2.36. The van der Waals surface area contributed by atoms with Crippen molar-refractivity contribution in [2.24, 2.45) is 5.73 Å². The molecule has 0 atom stereocenters. The lowest BCUT2D eigenvalue weighted by Gasteiger charge is -2.47. The first kappa shape index (κ1) is 8.97. The van der Waals surface area contributed by atoms with Gasteiger partial charge in [-0.2, -0.15) is 0 Å². The molecule has 11 heavy (non-hydrogen) atoms. The summed E-state index contributed by atoms with van der Waals surface area (Å²) < 4.78 is 4.97. The predicted octanol–water partition coefficient (Wildman–Crippen LogP) is 0.0559. The SMILES string of the molecule is CCC1(N)CN(CCOC)C1. The van der Waals surface area contributed by atoms with Crippen LogP contribution in [-0.4, -0.2) is 43.8 Å². The van der Waals surface area contributed by atoms with Crippen molar-refractivity contribution < 1.29 is 4.74 Å². The average molecular weight is 158 g/mol. The first-order valence-electron chi connectivity index (χ1n) is 4.20. The van der Waals surface area contributed by atoms with Gasteiger partial charge in [0.05, 0.1) is 6.61 Å². The molecule has 2 N–H and O–H groups in total. The summed E-state index contributed by atoms with van der Waals surface area (Å²) in [6.07, 6.45) is 1.08. The zero-order valence-corrected chi connectivity index (χ0v) is 7.47. The molecule has 0 unspecified atom stereocenters. The van der Waals surface area contributed by atoms with Gasteiger partial charge in [-0.15, -0.1) is 0 Å². The number of hydrogen-bond acceptors (Lipinski definition) is 3. The molecule has 0 radical (unpaired) electrons. The number of ether oxygens (including phenoxy) is 1. The first-order valence-corrected chi connectivity index (χ1v) is 4.20. The largest absolute Gasteiger partial charge is 0.383 e. The minimum absolute atomic E-state index is 0.105. The minimum atomic E-state index is 0.105. The number of hydrogen-bond donors (Lipinski definition) is 1. The average Bonchev–Trinajstić information content (AvgIpc) is 1.96. The van der Waals surface area contributed by atoms with E-state index in [0.717, 1.165) is 32.7 Å². The van der Waals surface area contributed by atoms with E-state index in [1.807, 2.05) is 0 Å². The zero-order valence-electron chi connectivity index (χ0n) is 7.47. The monoisotopic (exact) mass is 158 g/mol. The smallest absolute Gasteiger partial charge is 0.0589 e. The fourth-order valence-electron chi connectivity index (χ4n) is 1.45. The molecule has 0 aromatic rings. The number of likely N-dealkylation sites (tertiary alicyclic amines) is 1. The summed E-state index contributed by atoms with van der Waals surface area (Å²) in [6.45, 7) is 6.06. The highest BCUT2D eigenvalue weighted by Crippen LogP contribution is 2.20. The molecule has 0 aromatic heterocycles. The van der Waals surface area contributed by atoms with Crippen LogP contribution in [0, 0.1) is 0 Å². The summed E-state index contributed by atoms with van der Waals surface area (Å²) in [5.41, 5.74) is 6.09. The lowest BCUT2D eigenvalue weighted by atomic mass is 9.88. The van der Waals surface area contributed by atoms with Gasteiger partial charge in [0, 0.05) is 32.3 Å². The third-order valence-electron chi connectivity index (χ3n) is 2.39. The van der Waals surface area contributed by atoms with Crippen LogP contribution in [0.2, 0.25) is 0 Å². The van der Waals surface area contributed by atoms with Gasteiger partial charge in [0.25, 0.3) is 0 Å². The molecule has 1 rings (SSSR count). The Balaban J connectivity index is 2.08. The second-order valence-electron chi connectivity index (χ2n) is 3.42. The van der Waals surface area contributed by atoms with Gasteiger partial charge in [-0.05, 0) is 6.42 Å². The third kappa shape index (κ3) is 2.15. The highest BCUT2D eigenvalue weighted by atomic mass is 16.5. The van der Waals surface area contributed by atoms with Crippen molar-refractivity contribution in [3.63, 3.8) is 0 Å². The molecule has 3 heteroatoms. The molecule has 66 valence electrons. The van der Waals surface area contributed by atoms with Gasteiger partial charge in [-0.1, -0.05) is 6.92 Å². The summed E-state index contributed by atoms with van der Waals surface area (Å²) in [7, 11) is 1.73. The normalized spacial score (nSPS) is 23.2. The Bertz CT molecular complexity index is 121. The molecule has 0 amide bonds. The number of nitrogens with two attached hydrogens (primary N) is 1. The Morgan fingerprint density at radius 2 is 2.18 bits per heavy atom. The molecule has 3 nitrogen and oxygen atoms in total. The Hall–Kier alpha value is -0.120. The molecular formula is C8H18N2O. The van der Waals surface area contributed by atoms with E-state index in [1.165, 1.54) is 0 Å². The minimum Gasteiger partial charge on any atom is -0.383 e. The Morgan fingerprint density at radius 1 is 1.55 bits per heavy atom. The molecule has 0 bridgehead atoms. The van der Waals surface area contributed by atoms with E-state index >= 15 is 0 Å². The maximum Gasteiger partial charge on any atom is 0.0589 e. The van der Waals surface area contributed by atoms with Gasteiger partial charge in [-0.25, -0.2) is 0 Å². The molecule has 0 aromatic carbocycles. The number of methoxy groups -OCH3 is 1. The van der Waals surface area contributed by atoms with Crippen molar-refractivity contribution in [2.45, 2.75) is 18.9 Å². The van der Waals surface area contributed by atoms with Crippen LogP contribution < -0.4 is 5.73 Å². The van der Waals surface area contributed by atoms with Gasteiger partial charge in [0.1, 0.15) is 0 Å². The number of rotatable bonds is 4. The van der Waals surface area contributed by atoms with Crippen LogP contribution in [0.3, 0.4) is 0 Å². The Kier molecular flexibility index (Phi) is 2.87.